The Morgan fingerprint density at radius 3 is 2.93 bits per heavy atom. The van der Waals surface area contributed by atoms with E-state index in [2.05, 4.69) is 17.2 Å². The molecule has 0 saturated carbocycles. The number of carbonyl (C=O) groups excluding carboxylic acids is 3. The molecule has 1 aliphatic rings. The van der Waals surface area contributed by atoms with Crippen LogP contribution in [0.5, 0.6) is 0 Å². The molecule has 6 nitrogen and oxygen atoms in total. The minimum absolute atomic E-state index is 0.136. The first-order valence-corrected chi connectivity index (χ1v) is 4.48. The van der Waals surface area contributed by atoms with Crippen molar-refractivity contribution in [2.45, 2.75) is 12.5 Å². The number of ether oxygens (including phenoxy) is 1. The normalized spacial score (nSPS) is 19.2. The van der Waals surface area contributed by atoms with Crippen molar-refractivity contribution in [1.82, 2.24) is 10.6 Å². The Balaban J connectivity index is 2.21. The predicted molar refractivity (Wildman–Crippen MR) is 50.7 cm³/mol. The minimum Gasteiger partial charge on any atom is -0.459 e. The number of nitrogens with one attached hydrogen (secondary N) is 2. The van der Waals surface area contributed by atoms with Gasteiger partial charge in [-0.2, -0.15) is 0 Å². The molecule has 1 heterocycles. The van der Waals surface area contributed by atoms with Crippen LogP contribution in [0.2, 0.25) is 0 Å². The molecular weight excluding hydrogens is 200 g/mol. The van der Waals surface area contributed by atoms with E-state index in [0.29, 0.717) is 6.54 Å². The Hall–Kier alpha value is -1.85. The molecule has 1 aliphatic heterocycles. The number of hydrogen-bond acceptors (Lipinski definition) is 4. The van der Waals surface area contributed by atoms with E-state index in [-0.39, 0.29) is 18.9 Å². The maximum absolute atomic E-state index is 11.1. The molecule has 1 saturated heterocycles. The van der Waals surface area contributed by atoms with Crippen LogP contribution in [-0.2, 0) is 19.1 Å². The second-order valence-corrected chi connectivity index (χ2v) is 3.04. The Bertz CT molecular complexity index is 300. The van der Waals surface area contributed by atoms with E-state index in [0.717, 1.165) is 6.08 Å². The predicted octanol–water partition coefficient (Wildman–Crippen LogP) is -1.28. The van der Waals surface area contributed by atoms with Crippen LogP contribution in [-0.4, -0.2) is 37.0 Å². The zero-order valence-corrected chi connectivity index (χ0v) is 8.12. The lowest BCUT2D eigenvalue weighted by Crippen LogP contribution is -2.32. The summed E-state index contributed by atoms with van der Waals surface area (Å²) in [6.07, 6.45) is 0.820. The molecule has 0 aromatic heterocycles. The van der Waals surface area contributed by atoms with E-state index >= 15 is 0 Å². The van der Waals surface area contributed by atoms with Crippen LogP contribution in [0.3, 0.4) is 0 Å². The number of esters is 1. The Labute approximate surface area is 86.7 Å². The van der Waals surface area contributed by atoms with Crippen LogP contribution in [0.1, 0.15) is 6.42 Å². The molecule has 2 amide bonds. The second kappa shape index (κ2) is 5.14. The molecule has 6 heteroatoms. The van der Waals surface area contributed by atoms with Gasteiger partial charge < -0.3 is 15.4 Å². The standard InChI is InChI=1S/C9H12N2O4/c1-2-7(12)11-5-9(14)15-6-3-8(13)10-4-6/h2,6H,1,3-5H2,(H,10,13)(H,11,12). The van der Waals surface area contributed by atoms with E-state index in [1.54, 1.807) is 0 Å². The first-order chi connectivity index (χ1) is 7.11. The van der Waals surface area contributed by atoms with Crippen molar-refractivity contribution in [3.63, 3.8) is 0 Å². The fourth-order valence-electron chi connectivity index (χ4n) is 1.12. The van der Waals surface area contributed by atoms with Crippen LogP contribution >= 0.6 is 0 Å². The van der Waals surface area contributed by atoms with Gasteiger partial charge in [0.2, 0.25) is 11.8 Å². The Kier molecular flexibility index (Phi) is 3.84. The van der Waals surface area contributed by atoms with Gasteiger partial charge in [-0.05, 0) is 6.08 Å². The SMILES string of the molecule is C=CC(=O)NCC(=O)OC1CNC(=O)C1. The third-order valence-electron chi connectivity index (χ3n) is 1.83. The van der Waals surface area contributed by atoms with Crippen molar-refractivity contribution < 1.29 is 19.1 Å². The molecule has 0 radical (unpaired) electrons. The smallest absolute Gasteiger partial charge is 0.325 e. The lowest BCUT2D eigenvalue weighted by molar-refractivity contribution is -0.148. The zero-order valence-electron chi connectivity index (χ0n) is 8.12. The van der Waals surface area contributed by atoms with Crippen LogP contribution < -0.4 is 10.6 Å². The fourth-order valence-corrected chi connectivity index (χ4v) is 1.12. The molecule has 0 aromatic rings. The summed E-state index contributed by atoms with van der Waals surface area (Å²) in [5, 5.41) is 4.81. The van der Waals surface area contributed by atoms with E-state index in [1.165, 1.54) is 0 Å². The van der Waals surface area contributed by atoms with Gasteiger partial charge in [0.1, 0.15) is 12.6 Å². The first-order valence-electron chi connectivity index (χ1n) is 4.48. The molecule has 0 spiro atoms. The van der Waals surface area contributed by atoms with E-state index in [1.807, 2.05) is 0 Å². The van der Waals surface area contributed by atoms with Gasteiger partial charge >= 0.3 is 5.97 Å². The van der Waals surface area contributed by atoms with Crippen LogP contribution in [0, 0.1) is 0 Å². The molecule has 0 aromatic carbocycles. The van der Waals surface area contributed by atoms with Gasteiger partial charge in [-0.3, -0.25) is 14.4 Å². The maximum atomic E-state index is 11.1. The Morgan fingerprint density at radius 1 is 1.67 bits per heavy atom. The summed E-state index contributed by atoms with van der Waals surface area (Å²) in [6, 6.07) is 0. The van der Waals surface area contributed by atoms with Crippen LogP contribution in [0.25, 0.3) is 0 Å². The van der Waals surface area contributed by atoms with Crippen molar-refractivity contribution in [1.29, 1.82) is 0 Å². The fraction of sp³-hybridized carbons (Fsp3) is 0.444. The molecule has 2 N–H and O–H groups in total. The topological polar surface area (TPSA) is 84.5 Å². The first kappa shape index (κ1) is 11.2. The summed E-state index contributed by atoms with van der Waals surface area (Å²) in [5.41, 5.74) is 0. The van der Waals surface area contributed by atoms with Gasteiger partial charge in [-0.25, -0.2) is 0 Å². The average Bonchev–Trinajstić information content (AvgIpc) is 2.60. The number of amides is 2. The highest BCUT2D eigenvalue weighted by molar-refractivity contribution is 5.89. The Morgan fingerprint density at radius 2 is 2.40 bits per heavy atom. The molecule has 82 valence electrons. The molecule has 1 atom stereocenters. The molecule has 15 heavy (non-hydrogen) atoms. The molecule has 1 unspecified atom stereocenters. The van der Waals surface area contributed by atoms with Gasteiger partial charge in [0.05, 0.1) is 13.0 Å². The van der Waals surface area contributed by atoms with Gasteiger partial charge in [-0.15, -0.1) is 0 Å². The van der Waals surface area contributed by atoms with E-state index in [4.69, 9.17) is 4.74 Å². The molecule has 0 aliphatic carbocycles. The van der Waals surface area contributed by atoms with Gasteiger partial charge in [0.15, 0.2) is 0 Å². The third kappa shape index (κ3) is 3.80. The van der Waals surface area contributed by atoms with Gasteiger partial charge in [0.25, 0.3) is 0 Å². The van der Waals surface area contributed by atoms with Crippen molar-refractivity contribution in [2.75, 3.05) is 13.1 Å². The number of rotatable bonds is 4. The summed E-state index contributed by atoms with van der Waals surface area (Å²) in [7, 11) is 0. The number of carbonyl (C=O) groups is 3. The van der Waals surface area contributed by atoms with Gasteiger partial charge in [-0.1, -0.05) is 6.58 Å². The summed E-state index contributed by atoms with van der Waals surface area (Å²) in [6.45, 7) is 3.35. The van der Waals surface area contributed by atoms with Crippen LogP contribution in [0.4, 0.5) is 0 Å². The molecule has 0 bridgehead atoms. The summed E-state index contributed by atoms with van der Waals surface area (Å²) in [4.78, 5) is 32.6. The molecule has 1 fully saturated rings. The largest absolute Gasteiger partial charge is 0.459 e. The van der Waals surface area contributed by atoms with Crippen LogP contribution in [0.15, 0.2) is 12.7 Å². The third-order valence-corrected chi connectivity index (χ3v) is 1.83. The van der Waals surface area contributed by atoms with Crippen molar-refractivity contribution in [2.24, 2.45) is 0 Å². The zero-order chi connectivity index (χ0) is 11.3. The second-order valence-electron chi connectivity index (χ2n) is 3.04. The maximum Gasteiger partial charge on any atom is 0.325 e. The highest BCUT2D eigenvalue weighted by Gasteiger charge is 2.24. The highest BCUT2D eigenvalue weighted by atomic mass is 16.5. The number of hydrogen-bond donors (Lipinski definition) is 2. The summed E-state index contributed by atoms with van der Waals surface area (Å²) in [5.74, 6) is -1.14. The lowest BCUT2D eigenvalue weighted by atomic mass is 10.3. The monoisotopic (exact) mass is 212 g/mol. The summed E-state index contributed by atoms with van der Waals surface area (Å²) >= 11 is 0. The van der Waals surface area contributed by atoms with Gasteiger partial charge in [0, 0.05) is 0 Å². The lowest BCUT2D eigenvalue weighted by Gasteiger charge is -2.09. The summed E-state index contributed by atoms with van der Waals surface area (Å²) < 4.78 is 4.91. The van der Waals surface area contributed by atoms with Crippen molar-refractivity contribution in [3.05, 3.63) is 12.7 Å². The molecule has 1 rings (SSSR count). The van der Waals surface area contributed by atoms with Crippen molar-refractivity contribution >= 4 is 17.8 Å². The quantitative estimate of drug-likeness (QED) is 0.449. The van der Waals surface area contributed by atoms with E-state index < -0.39 is 18.0 Å². The molecular formula is C9H12N2O4. The highest BCUT2D eigenvalue weighted by Crippen LogP contribution is 2.04. The van der Waals surface area contributed by atoms with E-state index in [9.17, 15) is 14.4 Å². The van der Waals surface area contributed by atoms with Crippen molar-refractivity contribution in [3.8, 4) is 0 Å². The minimum atomic E-state index is -0.563. The average molecular weight is 212 g/mol.